The lowest BCUT2D eigenvalue weighted by Crippen LogP contribution is -2.12. The van der Waals surface area contributed by atoms with E-state index in [1.807, 2.05) is 0 Å². The van der Waals surface area contributed by atoms with Crippen LogP contribution >= 0.6 is 0 Å². The van der Waals surface area contributed by atoms with Crippen LogP contribution in [0.4, 0.5) is 8.78 Å². The largest absolute Gasteiger partial charge is 0.324 e. The fourth-order valence-electron chi connectivity index (χ4n) is 1.01. The number of hydrogen-bond acceptors (Lipinski definition) is 2. The number of pyridine rings is 1. The van der Waals surface area contributed by atoms with Crippen LogP contribution in [0.25, 0.3) is 0 Å². The number of halogens is 2. The molecule has 1 heterocycles. The molecule has 70 valence electrons. The second-order valence-electron chi connectivity index (χ2n) is 2.64. The lowest BCUT2D eigenvalue weighted by molar-refractivity contribution is 0.492. The molecular weight excluding hydrogens is 174 g/mol. The van der Waals surface area contributed by atoms with Crippen LogP contribution in [0.15, 0.2) is 24.8 Å². The Morgan fingerprint density at radius 3 is 2.77 bits per heavy atom. The van der Waals surface area contributed by atoms with Crippen molar-refractivity contribution in [3.8, 4) is 0 Å². The molecule has 0 fully saturated rings. The quantitative estimate of drug-likeness (QED) is 0.576. The van der Waals surface area contributed by atoms with Crippen molar-refractivity contribution in [3.05, 3.63) is 42.2 Å². The molecule has 0 saturated heterocycles. The Balaban J connectivity index is 2.94. The van der Waals surface area contributed by atoms with E-state index in [0.29, 0.717) is 6.42 Å². The molecule has 0 saturated carbocycles. The van der Waals surface area contributed by atoms with Crippen molar-refractivity contribution in [1.82, 2.24) is 4.98 Å². The number of hydrogen-bond donors (Lipinski definition) is 1. The molecule has 2 nitrogen and oxygen atoms in total. The minimum absolute atomic E-state index is 0.210. The fraction of sp³-hybridized carbons (Fsp3) is 0.222. The first-order valence-corrected chi connectivity index (χ1v) is 3.83. The molecule has 2 N–H and O–H groups in total. The Labute approximate surface area is 75.1 Å². The minimum Gasteiger partial charge on any atom is -0.324 e. The zero-order valence-electron chi connectivity index (χ0n) is 7.00. The zero-order valence-corrected chi connectivity index (χ0v) is 7.00. The fourth-order valence-corrected chi connectivity index (χ4v) is 1.01. The first-order valence-electron chi connectivity index (χ1n) is 3.83. The van der Waals surface area contributed by atoms with Gasteiger partial charge >= 0.3 is 0 Å². The number of nitrogens with zero attached hydrogens (tertiary/aromatic N) is 1. The van der Waals surface area contributed by atoms with Crippen LogP contribution < -0.4 is 5.73 Å². The molecule has 0 aromatic carbocycles. The average molecular weight is 184 g/mol. The van der Waals surface area contributed by atoms with E-state index in [1.165, 1.54) is 6.07 Å². The van der Waals surface area contributed by atoms with E-state index in [-0.39, 0.29) is 5.56 Å². The highest BCUT2D eigenvalue weighted by molar-refractivity contribution is 5.16. The Morgan fingerprint density at radius 1 is 1.54 bits per heavy atom. The first-order chi connectivity index (χ1) is 6.15. The summed E-state index contributed by atoms with van der Waals surface area (Å²) >= 11 is 0. The van der Waals surface area contributed by atoms with Crippen LogP contribution in [-0.2, 0) is 0 Å². The van der Waals surface area contributed by atoms with E-state index in [0.717, 1.165) is 6.07 Å². The van der Waals surface area contributed by atoms with E-state index >= 15 is 0 Å². The van der Waals surface area contributed by atoms with Gasteiger partial charge in [-0.15, -0.1) is 6.58 Å². The molecule has 0 radical (unpaired) electrons. The van der Waals surface area contributed by atoms with Crippen LogP contribution in [0.1, 0.15) is 18.0 Å². The van der Waals surface area contributed by atoms with E-state index in [9.17, 15) is 8.78 Å². The maximum atomic E-state index is 13.0. The van der Waals surface area contributed by atoms with Gasteiger partial charge in [-0.2, -0.15) is 13.8 Å². The van der Waals surface area contributed by atoms with Crippen LogP contribution in [0, 0.1) is 11.9 Å². The van der Waals surface area contributed by atoms with Crippen LogP contribution in [0.3, 0.4) is 0 Å². The summed E-state index contributed by atoms with van der Waals surface area (Å²) in [6.45, 7) is 3.48. The van der Waals surface area contributed by atoms with Gasteiger partial charge in [0.05, 0.1) is 0 Å². The number of nitrogens with two attached hydrogens (primary N) is 1. The highest BCUT2D eigenvalue weighted by Crippen LogP contribution is 2.16. The summed E-state index contributed by atoms with van der Waals surface area (Å²) < 4.78 is 25.3. The topological polar surface area (TPSA) is 38.9 Å². The van der Waals surface area contributed by atoms with Gasteiger partial charge in [0.25, 0.3) is 0 Å². The van der Waals surface area contributed by atoms with Gasteiger partial charge in [0.2, 0.25) is 11.9 Å². The summed E-state index contributed by atoms with van der Waals surface area (Å²) in [5, 5.41) is 0. The molecule has 0 bridgehead atoms. The molecule has 1 aromatic heterocycles. The highest BCUT2D eigenvalue weighted by Gasteiger charge is 2.11. The second kappa shape index (κ2) is 4.09. The van der Waals surface area contributed by atoms with Crippen molar-refractivity contribution in [1.29, 1.82) is 0 Å². The van der Waals surface area contributed by atoms with E-state index in [2.05, 4.69) is 11.6 Å². The summed E-state index contributed by atoms with van der Waals surface area (Å²) in [4.78, 5) is 3.03. The maximum absolute atomic E-state index is 13.0. The first kappa shape index (κ1) is 9.80. The van der Waals surface area contributed by atoms with Crippen molar-refractivity contribution < 1.29 is 8.78 Å². The van der Waals surface area contributed by atoms with Crippen molar-refractivity contribution >= 4 is 0 Å². The van der Waals surface area contributed by atoms with Crippen LogP contribution in [0.5, 0.6) is 0 Å². The third-order valence-electron chi connectivity index (χ3n) is 1.66. The summed E-state index contributed by atoms with van der Waals surface area (Å²) in [6, 6.07) is 1.87. The molecule has 1 aromatic rings. The smallest absolute Gasteiger partial charge is 0.220 e. The Hall–Kier alpha value is -1.29. The lowest BCUT2D eigenvalue weighted by atomic mass is 10.1. The van der Waals surface area contributed by atoms with E-state index in [1.54, 1.807) is 6.08 Å². The van der Waals surface area contributed by atoms with Gasteiger partial charge in [-0.25, -0.2) is 0 Å². The maximum Gasteiger partial charge on any atom is 0.220 e. The van der Waals surface area contributed by atoms with Crippen molar-refractivity contribution in [3.63, 3.8) is 0 Å². The minimum atomic E-state index is -0.852. The van der Waals surface area contributed by atoms with Crippen molar-refractivity contribution in [2.24, 2.45) is 5.73 Å². The predicted molar refractivity (Wildman–Crippen MR) is 45.9 cm³/mol. The number of rotatable bonds is 3. The summed E-state index contributed by atoms with van der Waals surface area (Å²) in [6.07, 6.45) is 2.01. The van der Waals surface area contributed by atoms with Crippen LogP contribution in [-0.4, -0.2) is 4.98 Å². The van der Waals surface area contributed by atoms with Gasteiger partial charge in [-0.05, 0) is 18.6 Å². The van der Waals surface area contributed by atoms with Gasteiger partial charge in [0.15, 0.2) is 0 Å². The summed E-state index contributed by atoms with van der Waals surface area (Å²) in [5.41, 5.74) is 5.79. The van der Waals surface area contributed by atoms with Gasteiger partial charge in [-0.1, -0.05) is 6.08 Å². The molecule has 1 atom stereocenters. The van der Waals surface area contributed by atoms with Gasteiger partial charge in [0, 0.05) is 11.6 Å². The SMILES string of the molecule is C=CCC(N)c1ccc(F)nc1F. The Kier molecular flexibility index (Phi) is 3.08. The zero-order chi connectivity index (χ0) is 9.84. The molecular formula is C9H10F2N2. The molecule has 0 aliphatic heterocycles. The third kappa shape index (κ3) is 2.32. The third-order valence-corrected chi connectivity index (χ3v) is 1.66. The molecule has 4 heteroatoms. The molecule has 1 rings (SSSR count). The summed E-state index contributed by atoms with van der Waals surface area (Å²) in [7, 11) is 0. The van der Waals surface area contributed by atoms with Crippen LogP contribution in [0.2, 0.25) is 0 Å². The van der Waals surface area contributed by atoms with Gasteiger partial charge in [0.1, 0.15) is 0 Å². The second-order valence-corrected chi connectivity index (χ2v) is 2.64. The normalized spacial score (nSPS) is 12.5. The molecule has 13 heavy (non-hydrogen) atoms. The van der Waals surface area contributed by atoms with E-state index in [4.69, 9.17) is 5.73 Å². The molecule has 0 spiro atoms. The average Bonchev–Trinajstić information content (AvgIpc) is 2.04. The summed E-state index contributed by atoms with van der Waals surface area (Å²) in [5.74, 6) is -1.69. The standard InChI is InChI=1S/C9H10F2N2/c1-2-3-7(12)6-4-5-8(10)13-9(6)11/h2,4-5,7H,1,3,12H2. The van der Waals surface area contributed by atoms with Crippen molar-refractivity contribution in [2.75, 3.05) is 0 Å². The van der Waals surface area contributed by atoms with Crippen molar-refractivity contribution in [2.45, 2.75) is 12.5 Å². The Bertz CT molecular complexity index is 312. The molecule has 0 aliphatic carbocycles. The van der Waals surface area contributed by atoms with E-state index < -0.39 is 17.9 Å². The van der Waals surface area contributed by atoms with Gasteiger partial charge in [-0.3, -0.25) is 0 Å². The molecule has 0 amide bonds. The predicted octanol–water partition coefficient (Wildman–Crippen LogP) is 1.94. The molecule has 0 aliphatic rings. The molecule has 1 unspecified atom stereocenters. The lowest BCUT2D eigenvalue weighted by Gasteiger charge is -2.08. The highest BCUT2D eigenvalue weighted by atomic mass is 19.1. The number of aromatic nitrogens is 1. The monoisotopic (exact) mass is 184 g/mol. The van der Waals surface area contributed by atoms with Gasteiger partial charge < -0.3 is 5.73 Å². The Morgan fingerprint density at radius 2 is 2.23 bits per heavy atom.